The van der Waals surface area contributed by atoms with Crippen molar-refractivity contribution < 1.29 is 52.9 Å². The van der Waals surface area contributed by atoms with Crippen molar-refractivity contribution in [1.29, 1.82) is 0 Å². The van der Waals surface area contributed by atoms with Crippen LogP contribution in [0.15, 0.2) is 24.3 Å². The number of esters is 1. The Morgan fingerprint density at radius 1 is 0.797 bits per heavy atom. The van der Waals surface area contributed by atoms with Crippen LogP contribution in [-0.4, -0.2) is 151 Å². The average Bonchev–Trinajstić information content (AvgIpc) is 3.79. The summed E-state index contributed by atoms with van der Waals surface area (Å²) in [4.78, 5) is 113. The van der Waals surface area contributed by atoms with Gasteiger partial charge in [-0.3, -0.25) is 43.3 Å². The number of rotatable bonds is 29. The third kappa shape index (κ3) is 18.4. The van der Waals surface area contributed by atoms with E-state index in [1.807, 2.05) is 46.8 Å². The molecule has 0 spiro atoms. The van der Waals surface area contributed by atoms with Crippen LogP contribution in [0.4, 0.5) is 0 Å². The van der Waals surface area contributed by atoms with Crippen LogP contribution < -0.4 is 31.3 Å². The molecule has 1 saturated heterocycles. The van der Waals surface area contributed by atoms with Crippen LogP contribution in [0.2, 0.25) is 0 Å². The first-order chi connectivity index (χ1) is 32.3. The third-order valence-electron chi connectivity index (χ3n) is 13.0. The molecule has 1 heterocycles. The topological polar surface area (TPSA) is 242 Å². The summed E-state index contributed by atoms with van der Waals surface area (Å²) in [6, 6.07) is 0.623. The van der Waals surface area contributed by atoms with E-state index in [0.717, 1.165) is 5.56 Å². The maximum atomic E-state index is 14.4. The van der Waals surface area contributed by atoms with E-state index in [4.69, 9.17) is 9.47 Å². The van der Waals surface area contributed by atoms with Crippen molar-refractivity contribution in [2.75, 3.05) is 34.8 Å². The summed E-state index contributed by atoms with van der Waals surface area (Å²) in [5.74, 6) is -5.79. The second kappa shape index (κ2) is 28.7. The lowest BCUT2D eigenvalue weighted by atomic mass is 9.89. The molecule has 5 amide bonds. The zero-order chi connectivity index (χ0) is 52.4. The summed E-state index contributed by atoms with van der Waals surface area (Å²) >= 11 is 0. The van der Waals surface area contributed by atoms with Gasteiger partial charge in [-0.05, 0) is 115 Å². The van der Waals surface area contributed by atoms with Crippen LogP contribution >= 0.6 is 0 Å². The van der Waals surface area contributed by atoms with Crippen molar-refractivity contribution in [3.63, 3.8) is 0 Å². The molecular weight excluding hydrogens is 887 g/mol. The van der Waals surface area contributed by atoms with Crippen LogP contribution in [0.3, 0.4) is 0 Å². The zero-order valence-electron chi connectivity index (χ0n) is 44.0. The standard InChI is InChI=1S/C51H85N7O11/c1-16-31(8)44(41(60)27-42(61)54-43(30(6)7)46(62)32(9)47(63)53-37(24-28(2)3)50(66)58-23-17-18-39(58)33(10)59)55-49(65)45(56-48(64)40(57(13)14)25-29(4)5)34(11)69-51(67)38(52-12)26-35-19-21-36(68-15)22-20-35/h19-22,28-32,34,37-41,43-45,52,60H,16-18,23-27H2,1-15H3,(H,53,63)(H,54,61)(H,55,65)(H,56,64). The molecule has 69 heavy (non-hydrogen) atoms. The number of benzene rings is 1. The second-order valence-electron chi connectivity index (χ2n) is 20.2. The summed E-state index contributed by atoms with van der Waals surface area (Å²) in [5.41, 5.74) is 0.824. The molecule has 390 valence electrons. The van der Waals surface area contributed by atoms with Crippen LogP contribution in [-0.2, 0) is 49.5 Å². The predicted octanol–water partition coefficient (Wildman–Crippen LogP) is 2.96. The van der Waals surface area contributed by atoms with Crippen molar-refractivity contribution >= 4 is 47.1 Å². The van der Waals surface area contributed by atoms with E-state index in [1.165, 1.54) is 25.7 Å². The lowest BCUT2D eigenvalue weighted by molar-refractivity contribution is -0.155. The smallest absolute Gasteiger partial charge is 0.323 e. The molecule has 6 N–H and O–H groups in total. The molecule has 2 rings (SSSR count). The van der Waals surface area contributed by atoms with Crippen molar-refractivity contribution in [3.8, 4) is 5.75 Å². The Hall–Kier alpha value is -4.94. The van der Waals surface area contributed by atoms with Gasteiger partial charge in [0.2, 0.25) is 29.5 Å². The van der Waals surface area contributed by atoms with Gasteiger partial charge in [-0.15, -0.1) is 0 Å². The minimum atomic E-state index is -1.48. The number of hydrogen-bond donors (Lipinski definition) is 6. The number of ether oxygens (including phenoxy) is 2. The number of likely N-dealkylation sites (tertiary alicyclic amines) is 1. The van der Waals surface area contributed by atoms with Gasteiger partial charge in [0.25, 0.3) is 0 Å². The summed E-state index contributed by atoms with van der Waals surface area (Å²) in [6.07, 6.45) is -0.531. The maximum Gasteiger partial charge on any atom is 0.323 e. The first-order valence-electron chi connectivity index (χ1n) is 24.7. The van der Waals surface area contributed by atoms with Gasteiger partial charge in [0.05, 0.1) is 49.7 Å². The van der Waals surface area contributed by atoms with Crippen LogP contribution in [0, 0.1) is 29.6 Å². The molecule has 1 aromatic carbocycles. The van der Waals surface area contributed by atoms with Crippen LogP contribution in [0.1, 0.15) is 120 Å². The molecule has 0 aromatic heterocycles. The van der Waals surface area contributed by atoms with Crippen LogP contribution in [0.25, 0.3) is 0 Å². The second-order valence-corrected chi connectivity index (χ2v) is 20.2. The van der Waals surface area contributed by atoms with Gasteiger partial charge in [-0.1, -0.05) is 73.9 Å². The largest absolute Gasteiger partial charge is 0.497 e. The van der Waals surface area contributed by atoms with Crippen molar-refractivity contribution in [2.24, 2.45) is 29.6 Å². The number of likely N-dealkylation sites (N-methyl/N-ethyl adjacent to an activating group) is 2. The monoisotopic (exact) mass is 972 g/mol. The Bertz CT molecular complexity index is 1870. The van der Waals surface area contributed by atoms with E-state index in [-0.39, 0.29) is 36.4 Å². The number of hydrogen-bond acceptors (Lipinski definition) is 13. The molecule has 1 aliphatic rings. The summed E-state index contributed by atoms with van der Waals surface area (Å²) in [6.45, 7) is 19.5. The highest BCUT2D eigenvalue weighted by Gasteiger charge is 2.40. The van der Waals surface area contributed by atoms with E-state index in [9.17, 15) is 43.5 Å². The Balaban J connectivity index is 2.33. The molecule has 18 heteroatoms. The Morgan fingerprint density at radius 2 is 1.41 bits per heavy atom. The SMILES string of the molecule is CCC(C)C(NC(=O)C(NC(=O)C(CC(C)C)N(C)C)C(C)OC(=O)C(Cc1ccc(OC)cc1)NC)C(O)CC(=O)NC(C(=O)C(C)C(=O)NC(CC(C)C)C(=O)N1CCCC1C(C)=O)C(C)C. The number of aliphatic hydroxyl groups is 1. The highest BCUT2D eigenvalue weighted by atomic mass is 16.5. The Labute approximate surface area is 410 Å². The Morgan fingerprint density at radius 3 is 1.91 bits per heavy atom. The van der Waals surface area contributed by atoms with E-state index >= 15 is 0 Å². The normalized spacial score (nSPS) is 18.3. The molecule has 0 saturated carbocycles. The van der Waals surface area contributed by atoms with Gasteiger partial charge in [0.1, 0.15) is 30.0 Å². The highest BCUT2D eigenvalue weighted by Crippen LogP contribution is 2.23. The number of nitrogens with zero attached hydrogens (tertiary/aromatic N) is 2. The average molecular weight is 972 g/mol. The minimum Gasteiger partial charge on any atom is -0.497 e. The number of methoxy groups -OCH3 is 1. The van der Waals surface area contributed by atoms with Crippen LogP contribution in [0.5, 0.6) is 5.75 Å². The van der Waals surface area contributed by atoms with Crippen molar-refractivity contribution in [3.05, 3.63) is 29.8 Å². The molecule has 1 aliphatic heterocycles. The van der Waals surface area contributed by atoms with Gasteiger partial charge >= 0.3 is 5.97 Å². The van der Waals surface area contributed by atoms with Gasteiger partial charge in [0, 0.05) is 6.54 Å². The third-order valence-corrected chi connectivity index (χ3v) is 13.0. The lowest BCUT2D eigenvalue weighted by Crippen LogP contribution is -2.61. The molecule has 0 bridgehead atoms. The van der Waals surface area contributed by atoms with E-state index < -0.39 is 114 Å². The molecule has 0 radical (unpaired) electrons. The molecule has 0 aliphatic carbocycles. The molecular formula is C51H85N7O11. The molecule has 11 unspecified atom stereocenters. The lowest BCUT2D eigenvalue weighted by Gasteiger charge is -2.34. The van der Waals surface area contributed by atoms with E-state index in [0.29, 0.717) is 38.0 Å². The fraction of sp³-hybridized carbons (Fsp3) is 0.725. The quantitative estimate of drug-likeness (QED) is 0.0501. The van der Waals surface area contributed by atoms with Crippen molar-refractivity contribution in [2.45, 2.75) is 176 Å². The van der Waals surface area contributed by atoms with E-state index in [1.54, 1.807) is 66.1 Å². The fourth-order valence-corrected chi connectivity index (χ4v) is 8.56. The zero-order valence-corrected chi connectivity index (χ0v) is 44.0. The van der Waals surface area contributed by atoms with Crippen molar-refractivity contribution in [1.82, 2.24) is 36.4 Å². The fourth-order valence-electron chi connectivity index (χ4n) is 8.56. The number of carbonyl (C=O) groups is 8. The first-order valence-corrected chi connectivity index (χ1v) is 24.7. The first kappa shape index (κ1) is 60.2. The van der Waals surface area contributed by atoms with Gasteiger partial charge < -0.3 is 46.1 Å². The predicted molar refractivity (Wildman–Crippen MR) is 264 cm³/mol. The minimum absolute atomic E-state index is 0.00456. The van der Waals surface area contributed by atoms with Gasteiger partial charge in [-0.2, -0.15) is 0 Å². The highest BCUT2D eigenvalue weighted by molar-refractivity contribution is 6.05. The molecule has 1 fully saturated rings. The molecule has 11 atom stereocenters. The molecule has 18 nitrogen and oxygen atoms in total. The summed E-state index contributed by atoms with van der Waals surface area (Å²) < 4.78 is 11.1. The maximum absolute atomic E-state index is 14.4. The number of ketones is 2. The summed E-state index contributed by atoms with van der Waals surface area (Å²) in [7, 11) is 6.67. The number of aliphatic hydroxyl groups excluding tert-OH is 1. The summed E-state index contributed by atoms with van der Waals surface area (Å²) in [5, 5.41) is 25.8. The molecule has 1 aromatic rings. The van der Waals surface area contributed by atoms with Gasteiger partial charge in [0.15, 0.2) is 11.6 Å². The van der Waals surface area contributed by atoms with E-state index in [2.05, 4.69) is 26.6 Å². The number of Topliss-reactive ketones (excluding diaryl/α,β-unsaturated/α-hetero) is 2. The number of nitrogens with one attached hydrogen (secondary N) is 5. The van der Waals surface area contributed by atoms with Gasteiger partial charge in [-0.25, -0.2) is 0 Å². The Kier molecular flexibility index (Phi) is 25.0. The number of amides is 5. The number of carbonyl (C=O) groups excluding carboxylic acids is 8.